The maximum absolute atomic E-state index is 11.0. The summed E-state index contributed by atoms with van der Waals surface area (Å²) in [6.07, 6.45) is 0. The van der Waals surface area contributed by atoms with Gasteiger partial charge in [0.25, 0.3) is 0 Å². The molecule has 5 heteroatoms. The molecule has 1 aliphatic heterocycles. The molecule has 1 rings (SSSR count). The van der Waals surface area contributed by atoms with E-state index < -0.39 is 0 Å². The van der Waals surface area contributed by atoms with Crippen LogP contribution in [0.15, 0.2) is 4.99 Å². The van der Waals surface area contributed by atoms with Crippen molar-refractivity contribution in [3.05, 3.63) is 0 Å². The second kappa shape index (κ2) is 4.69. The quantitative estimate of drug-likeness (QED) is 0.530. The summed E-state index contributed by atoms with van der Waals surface area (Å²) in [5.74, 6) is 0.713. The summed E-state index contributed by atoms with van der Waals surface area (Å²) in [4.78, 5) is 15.2. The summed E-state index contributed by atoms with van der Waals surface area (Å²) in [6.45, 7) is 5.66. The van der Waals surface area contributed by atoms with E-state index in [0.29, 0.717) is 12.6 Å². The Labute approximate surface area is 78.0 Å². The Morgan fingerprint density at radius 3 is 3.08 bits per heavy atom. The first kappa shape index (κ1) is 9.83. The number of nitrogens with one attached hydrogen (secondary N) is 3. The number of rotatable bonds is 3. The molecular formula is C8H16N4O. The normalized spacial score (nSPS) is 20.5. The van der Waals surface area contributed by atoms with Crippen molar-refractivity contribution >= 4 is 11.9 Å². The highest BCUT2D eigenvalue weighted by Crippen LogP contribution is 1.91. The highest BCUT2D eigenvalue weighted by molar-refractivity contribution is 5.87. The molecule has 1 atom stereocenters. The molecule has 0 saturated heterocycles. The van der Waals surface area contributed by atoms with E-state index in [1.807, 2.05) is 13.8 Å². The molecule has 1 unspecified atom stereocenters. The van der Waals surface area contributed by atoms with E-state index in [1.54, 1.807) is 0 Å². The van der Waals surface area contributed by atoms with Gasteiger partial charge in [0.1, 0.15) is 0 Å². The molecule has 13 heavy (non-hydrogen) atoms. The van der Waals surface area contributed by atoms with Gasteiger partial charge in [0.15, 0.2) is 5.96 Å². The highest BCUT2D eigenvalue weighted by Gasteiger charge is 2.12. The van der Waals surface area contributed by atoms with Crippen molar-refractivity contribution in [1.82, 2.24) is 16.0 Å². The van der Waals surface area contributed by atoms with Crippen molar-refractivity contribution < 1.29 is 4.79 Å². The number of amides is 1. The summed E-state index contributed by atoms with van der Waals surface area (Å²) in [5, 5.41) is 8.73. The van der Waals surface area contributed by atoms with E-state index in [2.05, 4.69) is 20.9 Å². The largest absolute Gasteiger partial charge is 0.355 e. The van der Waals surface area contributed by atoms with Crippen LogP contribution in [-0.2, 0) is 4.79 Å². The number of guanidine groups is 1. The molecular weight excluding hydrogens is 168 g/mol. The third-order valence-electron chi connectivity index (χ3n) is 1.70. The van der Waals surface area contributed by atoms with Gasteiger partial charge < -0.3 is 16.0 Å². The van der Waals surface area contributed by atoms with Gasteiger partial charge >= 0.3 is 0 Å². The van der Waals surface area contributed by atoms with Gasteiger partial charge in [-0.25, -0.2) is 0 Å². The first-order chi connectivity index (χ1) is 6.22. The fourth-order valence-corrected chi connectivity index (χ4v) is 1.08. The SMILES string of the molecule is CCNC(=O)CNC1=NCC(C)N1. The van der Waals surface area contributed by atoms with Gasteiger partial charge in [0.2, 0.25) is 5.91 Å². The predicted molar refractivity (Wildman–Crippen MR) is 51.6 cm³/mol. The van der Waals surface area contributed by atoms with Gasteiger partial charge in [-0.15, -0.1) is 0 Å². The van der Waals surface area contributed by atoms with Gasteiger partial charge in [0.05, 0.1) is 13.1 Å². The Bertz CT molecular complexity index is 214. The summed E-state index contributed by atoms with van der Waals surface area (Å²) in [7, 11) is 0. The lowest BCUT2D eigenvalue weighted by molar-refractivity contribution is -0.119. The number of hydrogen-bond acceptors (Lipinski definition) is 4. The smallest absolute Gasteiger partial charge is 0.239 e. The predicted octanol–water partition coefficient (Wildman–Crippen LogP) is -0.940. The van der Waals surface area contributed by atoms with Crippen LogP contribution >= 0.6 is 0 Å². The number of likely N-dealkylation sites (N-methyl/N-ethyl adjacent to an activating group) is 1. The van der Waals surface area contributed by atoms with E-state index in [1.165, 1.54) is 0 Å². The number of carbonyl (C=O) groups excluding carboxylic acids is 1. The lowest BCUT2D eigenvalue weighted by atomic mass is 10.4. The van der Waals surface area contributed by atoms with Crippen LogP contribution in [0.3, 0.4) is 0 Å². The Kier molecular flexibility index (Phi) is 3.54. The number of aliphatic imine (C=N–C) groups is 1. The van der Waals surface area contributed by atoms with Gasteiger partial charge in [-0.05, 0) is 13.8 Å². The molecule has 0 spiro atoms. The van der Waals surface area contributed by atoms with Crippen LogP contribution < -0.4 is 16.0 Å². The van der Waals surface area contributed by atoms with E-state index in [4.69, 9.17) is 0 Å². The fourth-order valence-electron chi connectivity index (χ4n) is 1.08. The van der Waals surface area contributed by atoms with E-state index in [9.17, 15) is 4.79 Å². The maximum atomic E-state index is 11.0. The minimum absolute atomic E-state index is 0.00782. The van der Waals surface area contributed by atoms with Crippen molar-refractivity contribution in [3.63, 3.8) is 0 Å². The van der Waals surface area contributed by atoms with Crippen molar-refractivity contribution in [3.8, 4) is 0 Å². The maximum Gasteiger partial charge on any atom is 0.239 e. The first-order valence-electron chi connectivity index (χ1n) is 4.54. The molecule has 1 amide bonds. The zero-order chi connectivity index (χ0) is 9.68. The second-order valence-corrected chi connectivity index (χ2v) is 3.04. The Balaban J connectivity index is 2.16. The van der Waals surface area contributed by atoms with Crippen molar-refractivity contribution in [2.24, 2.45) is 4.99 Å². The van der Waals surface area contributed by atoms with Gasteiger partial charge in [-0.2, -0.15) is 0 Å². The Morgan fingerprint density at radius 2 is 2.54 bits per heavy atom. The average molecular weight is 184 g/mol. The molecule has 0 aromatic heterocycles. The molecule has 5 nitrogen and oxygen atoms in total. The van der Waals surface area contributed by atoms with Crippen LogP contribution in [0.4, 0.5) is 0 Å². The Hall–Kier alpha value is -1.26. The van der Waals surface area contributed by atoms with E-state index >= 15 is 0 Å². The molecule has 3 N–H and O–H groups in total. The Morgan fingerprint density at radius 1 is 1.77 bits per heavy atom. The monoisotopic (exact) mass is 184 g/mol. The standard InChI is InChI=1S/C8H16N4O/c1-3-9-7(13)5-11-8-10-4-6(2)12-8/h6H,3-5H2,1-2H3,(H,9,13)(H2,10,11,12). The van der Waals surface area contributed by atoms with Crippen LogP contribution in [0.1, 0.15) is 13.8 Å². The molecule has 0 aromatic carbocycles. The van der Waals surface area contributed by atoms with Crippen LogP contribution in [0, 0.1) is 0 Å². The number of nitrogens with zero attached hydrogens (tertiary/aromatic N) is 1. The third-order valence-corrected chi connectivity index (χ3v) is 1.70. The lowest BCUT2D eigenvalue weighted by Gasteiger charge is -2.08. The molecule has 0 aromatic rings. The molecule has 1 aliphatic rings. The van der Waals surface area contributed by atoms with Gasteiger partial charge in [-0.1, -0.05) is 0 Å². The topological polar surface area (TPSA) is 65.5 Å². The summed E-state index contributed by atoms with van der Waals surface area (Å²) >= 11 is 0. The third kappa shape index (κ3) is 3.31. The molecule has 0 radical (unpaired) electrons. The average Bonchev–Trinajstić information content (AvgIpc) is 2.49. The fraction of sp³-hybridized carbons (Fsp3) is 0.750. The van der Waals surface area contributed by atoms with Gasteiger partial charge in [-0.3, -0.25) is 9.79 Å². The zero-order valence-corrected chi connectivity index (χ0v) is 8.05. The van der Waals surface area contributed by atoms with E-state index in [0.717, 1.165) is 12.5 Å². The number of carbonyl (C=O) groups is 1. The molecule has 74 valence electrons. The molecule has 0 aliphatic carbocycles. The van der Waals surface area contributed by atoms with Crippen molar-refractivity contribution in [2.45, 2.75) is 19.9 Å². The summed E-state index contributed by atoms with van der Waals surface area (Å²) < 4.78 is 0. The van der Waals surface area contributed by atoms with Gasteiger partial charge in [0, 0.05) is 12.6 Å². The number of hydrogen-bond donors (Lipinski definition) is 3. The highest BCUT2D eigenvalue weighted by atomic mass is 16.1. The van der Waals surface area contributed by atoms with Crippen molar-refractivity contribution in [2.75, 3.05) is 19.6 Å². The molecule has 0 fully saturated rings. The van der Waals surface area contributed by atoms with Crippen LogP contribution in [0.2, 0.25) is 0 Å². The zero-order valence-electron chi connectivity index (χ0n) is 8.05. The molecule has 0 bridgehead atoms. The summed E-state index contributed by atoms with van der Waals surface area (Å²) in [5.41, 5.74) is 0. The van der Waals surface area contributed by atoms with Crippen LogP contribution in [0.25, 0.3) is 0 Å². The molecule has 0 saturated carbocycles. The molecule has 1 heterocycles. The van der Waals surface area contributed by atoms with Crippen LogP contribution in [-0.4, -0.2) is 37.5 Å². The van der Waals surface area contributed by atoms with Crippen LogP contribution in [0.5, 0.6) is 0 Å². The first-order valence-corrected chi connectivity index (χ1v) is 4.54. The van der Waals surface area contributed by atoms with E-state index in [-0.39, 0.29) is 12.5 Å². The lowest BCUT2D eigenvalue weighted by Crippen LogP contribution is -2.42. The van der Waals surface area contributed by atoms with Crippen molar-refractivity contribution in [1.29, 1.82) is 0 Å². The minimum atomic E-state index is -0.00782. The summed E-state index contributed by atoms with van der Waals surface area (Å²) in [6, 6.07) is 0.372. The minimum Gasteiger partial charge on any atom is -0.355 e. The second-order valence-electron chi connectivity index (χ2n) is 3.04.